The molecule has 19 heavy (non-hydrogen) atoms. The second kappa shape index (κ2) is 5.34. The molecule has 1 aliphatic carbocycles. The van der Waals surface area contributed by atoms with Crippen molar-refractivity contribution in [1.82, 2.24) is 4.98 Å². The summed E-state index contributed by atoms with van der Waals surface area (Å²) >= 11 is 0. The minimum Gasteiger partial charge on any atom is -0.458 e. The Morgan fingerprint density at radius 2 is 2.21 bits per heavy atom. The van der Waals surface area contributed by atoms with Crippen LogP contribution in [0.5, 0.6) is 0 Å². The van der Waals surface area contributed by atoms with Crippen LogP contribution in [0.3, 0.4) is 0 Å². The zero-order valence-corrected chi connectivity index (χ0v) is 11.6. The molecule has 2 atom stereocenters. The molecule has 1 aromatic heterocycles. The van der Waals surface area contributed by atoms with E-state index in [4.69, 9.17) is 9.88 Å². The topological polar surface area (TPSA) is 102 Å². The lowest BCUT2D eigenvalue weighted by Gasteiger charge is -2.26. The van der Waals surface area contributed by atoms with Crippen LogP contribution < -0.4 is 5.14 Å². The smallest absolute Gasteiger partial charge is 0.355 e. The van der Waals surface area contributed by atoms with Crippen LogP contribution in [0.1, 0.15) is 43.1 Å². The Hall–Kier alpha value is -1.34. The first-order valence-electron chi connectivity index (χ1n) is 6.28. The molecular formula is C12H18N2O4S. The second-order valence-electron chi connectivity index (χ2n) is 5.09. The number of rotatable bonds is 3. The molecule has 7 heteroatoms. The number of sulfonamides is 1. The first-order chi connectivity index (χ1) is 8.86. The minimum absolute atomic E-state index is 0.0857. The lowest BCUT2D eigenvalue weighted by Crippen LogP contribution is -2.24. The first kappa shape index (κ1) is 14.1. The molecule has 2 rings (SSSR count). The number of carbonyl (C=O) groups is 1. The molecule has 6 nitrogen and oxygen atoms in total. The van der Waals surface area contributed by atoms with E-state index in [1.165, 1.54) is 12.3 Å². The molecule has 1 saturated carbocycles. The van der Waals surface area contributed by atoms with Gasteiger partial charge in [-0.3, -0.25) is 0 Å². The molecule has 0 spiro atoms. The van der Waals surface area contributed by atoms with Gasteiger partial charge in [0.25, 0.3) is 0 Å². The number of primary sulfonamides is 1. The number of nitrogens with two attached hydrogens (primary N) is 1. The van der Waals surface area contributed by atoms with Crippen LogP contribution in [-0.2, 0) is 14.8 Å². The number of hydrogen-bond acceptors (Lipinski definition) is 4. The van der Waals surface area contributed by atoms with Gasteiger partial charge in [-0.25, -0.2) is 18.4 Å². The monoisotopic (exact) mass is 286 g/mol. The summed E-state index contributed by atoms with van der Waals surface area (Å²) in [7, 11) is -3.80. The highest BCUT2D eigenvalue weighted by atomic mass is 32.2. The average molecular weight is 286 g/mol. The summed E-state index contributed by atoms with van der Waals surface area (Å²) in [5.74, 6) is 0.0178. The molecule has 2 unspecified atom stereocenters. The maximum atomic E-state index is 11.9. The highest BCUT2D eigenvalue weighted by Gasteiger charge is 2.24. The van der Waals surface area contributed by atoms with E-state index >= 15 is 0 Å². The van der Waals surface area contributed by atoms with E-state index in [0.29, 0.717) is 5.92 Å². The molecule has 0 aliphatic heterocycles. The normalized spacial score (nSPS) is 24.1. The van der Waals surface area contributed by atoms with E-state index in [1.807, 2.05) is 0 Å². The number of carbonyl (C=O) groups excluding carboxylic acids is 1. The summed E-state index contributed by atoms with van der Waals surface area (Å²) in [4.78, 5) is 14.3. The Morgan fingerprint density at radius 3 is 2.79 bits per heavy atom. The number of nitrogens with one attached hydrogen (secondary N) is 1. The number of aromatic nitrogens is 1. The fraction of sp³-hybridized carbons (Fsp3) is 0.583. The van der Waals surface area contributed by atoms with Crippen LogP contribution in [0.2, 0.25) is 0 Å². The van der Waals surface area contributed by atoms with Gasteiger partial charge in [-0.05, 0) is 31.2 Å². The van der Waals surface area contributed by atoms with Crippen LogP contribution in [0.25, 0.3) is 0 Å². The number of aromatic amines is 1. The van der Waals surface area contributed by atoms with Crippen molar-refractivity contribution >= 4 is 16.0 Å². The maximum Gasteiger partial charge on any atom is 0.355 e. The molecule has 1 fully saturated rings. The molecule has 106 valence electrons. The zero-order chi connectivity index (χ0) is 14.0. The van der Waals surface area contributed by atoms with Crippen molar-refractivity contribution in [1.29, 1.82) is 0 Å². The van der Waals surface area contributed by atoms with E-state index < -0.39 is 16.0 Å². The van der Waals surface area contributed by atoms with Gasteiger partial charge >= 0.3 is 5.97 Å². The van der Waals surface area contributed by atoms with Gasteiger partial charge in [0.1, 0.15) is 16.7 Å². The molecule has 0 bridgehead atoms. The quantitative estimate of drug-likeness (QED) is 0.820. The van der Waals surface area contributed by atoms with Gasteiger partial charge in [-0.15, -0.1) is 0 Å². The van der Waals surface area contributed by atoms with E-state index in [2.05, 4.69) is 11.9 Å². The molecule has 0 radical (unpaired) electrons. The number of H-pyrrole nitrogens is 1. The van der Waals surface area contributed by atoms with Gasteiger partial charge in [-0.1, -0.05) is 13.3 Å². The lowest BCUT2D eigenvalue weighted by atomic mass is 9.89. The third-order valence-corrected chi connectivity index (χ3v) is 4.26. The van der Waals surface area contributed by atoms with Crippen LogP contribution in [0, 0.1) is 5.92 Å². The Bertz CT molecular complexity index is 564. The van der Waals surface area contributed by atoms with Crippen LogP contribution in [0.15, 0.2) is 17.2 Å². The molecule has 0 saturated heterocycles. The standard InChI is InChI=1S/C12H18N2O4S/c1-8-3-2-4-9(5-8)18-12(15)11-6-10(7-14-11)19(13,16)17/h6-9,14H,2-5H2,1H3,(H2,13,16,17). The van der Waals surface area contributed by atoms with Gasteiger partial charge in [-0.2, -0.15) is 0 Å². The van der Waals surface area contributed by atoms with Crippen molar-refractivity contribution < 1.29 is 17.9 Å². The summed E-state index contributed by atoms with van der Waals surface area (Å²) in [5.41, 5.74) is 0.113. The summed E-state index contributed by atoms with van der Waals surface area (Å²) in [6, 6.07) is 1.20. The van der Waals surface area contributed by atoms with E-state index in [-0.39, 0.29) is 16.7 Å². The fourth-order valence-corrected chi connectivity index (χ4v) is 2.86. The highest BCUT2D eigenvalue weighted by Crippen LogP contribution is 2.26. The van der Waals surface area contributed by atoms with E-state index in [9.17, 15) is 13.2 Å². The third kappa shape index (κ3) is 3.57. The number of esters is 1. The Morgan fingerprint density at radius 1 is 1.47 bits per heavy atom. The van der Waals surface area contributed by atoms with Crippen LogP contribution >= 0.6 is 0 Å². The van der Waals surface area contributed by atoms with Gasteiger partial charge in [0.05, 0.1) is 0 Å². The zero-order valence-electron chi connectivity index (χ0n) is 10.8. The van der Waals surface area contributed by atoms with Crippen molar-refractivity contribution in [2.75, 3.05) is 0 Å². The molecular weight excluding hydrogens is 268 g/mol. The molecule has 1 aliphatic rings. The molecule has 0 amide bonds. The third-order valence-electron chi connectivity index (χ3n) is 3.37. The van der Waals surface area contributed by atoms with Gasteiger partial charge < -0.3 is 9.72 Å². The molecule has 0 aromatic carbocycles. The SMILES string of the molecule is CC1CCCC(OC(=O)c2cc(S(N)(=O)=O)c[nH]2)C1. The Balaban J connectivity index is 2.02. The molecule has 1 heterocycles. The minimum atomic E-state index is -3.80. The number of ether oxygens (including phenoxy) is 1. The first-order valence-corrected chi connectivity index (χ1v) is 7.83. The Labute approximate surface area is 112 Å². The van der Waals surface area contributed by atoms with Gasteiger partial charge in [0.2, 0.25) is 10.0 Å². The van der Waals surface area contributed by atoms with Gasteiger partial charge in [0, 0.05) is 6.20 Å². The summed E-state index contributed by atoms with van der Waals surface area (Å²) in [5, 5.41) is 4.97. The van der Waals surface area contributed by atoms with E-state index in [1.54, 1.807) is 0 Å². The van der Waals surface area contributed by atoms with Crippen molar-refractivity contribution in [3.63, 3.8) is 0 Å². The average Bonchev–Trinajstić information content (AvgIpc) is 2.77. The second-order valence-corrected chi connectivity index (χ2v) is 6.65. The molecule has 1 aromatic rings. The Kier molecular flexibility index (Phi) is 3.96. The van der Waals surface area contributed by atoms with Crippen molar-refractivity contribution in [3.05, 3.63) is 18.0 Å². The van der Waals surface area contributed by atoms with Crippen molar-refractivity contribution in [2.45, 2.75) is 43.6 Å². The number of hydrogen-bond donors (Lipinski definition) is 2. The predicted molar refractivity (Wildman–Crippen MR) is 69.0 cm³/mol. The highest BCUT2D eigenvalue weighted by molar-refractivity contribution is 7.89. The van der Waals surface area contributed by atoms with Crippen LogP contribution in [-0.4, -0.2) is 25.5 Å². The van der Waals surface area contributed by atoms with Crippen LogP contribution in [0.4, 0.5) is 0 Å². The predicted octanol–water partition coefficient (Wildman–Crippen LogP) is 1.40. The van der Waals surface area contributed by atoms with Gasteiger partial charge in [0.15, 0.2) is 0 Å². The summed E-state index contributed by atoms with van der Waals surface area (Å²) in [6.45, 7) is 2.13. The van der Waals surface area contributed by atoms with E-state index in [0.717, 1.165) is 25.7 Å². The maximum absolute atomic E-state index is 11.9. The fourth-order valence-electron chi connectivity index (χ4n) is 2.36. The van der Waals surface area contributed by atoms with Crippen molar-refractivity contribution in [3.8, 4) is 0 Å². The van der Waals surface area contributed by atoms with Crippen molar-refractivity contribution in [2.24, 2.45) is 11.1 Å². The lowest BCUT2D eigenvalue weighted by molar-refractivity contribution is 0.0149. The molecule has 3 N–H and O–H groups in total. The largest absolute Gasteiger partial charge is 0.458 e. The summed E-state index contributed by atoms with van der Waals surface area (Å²) < 4.78 is 27.6. The summed E-state index contributed by atoms with van der Waals surface area (Å²) in [6.07, 6.45) is 5.03.